The first-order valence-corrected chi connectivity index (χ1v) is 9.48. The molecule has 2 N–H and O–H groups in total. The summed E-state index contributed by atoms with van der Waals surface area (Å²) in [6, 6.07) is 5.10. The van der Waals surface area contributed by atoms with Crippen LogP contribution in [0.5, 0.6) is 0 Å². The average molecular weight is 320 g/mol. The summed E-state index contributed by atoms with van der Waals surface area (Å²) < 4.78 is 28.0. The number of aryl methyl sites for hydroxylation is 1. The molecule has 4 rings (SSSR count). The standard InChI is InChI=1S/C16H20N2O3S/c19-15-8-5-10-9-11(6-7-14(10)17-15)22(20,21)18-16-12-3-1-2-4-13(12)16/h6-7,9,12-13,16,18H,1-5,8H2,(H,17,19)/t12-,13+,16?. The molecule has 1 aromatic rings. The number of carbonyl (C=O) groups excluding carboxylic acids is 1. The van der Waals surface area contributed by atoms with Crippen molar-refractivity contribution in [2.45, 2.75) is 49.5 Å². The van der Waals surface area contributed by atoms with Gasteiger partial charge in [-0.2, -0.15) is 0 Å². The molecule has 1 heterocycles. The van der Waals surface area contributed by atoms with Gasteiger partial charge in [0.2, 0.25) is 15.9 Å². The van der Waals surface area contributed by atoms with Crippen molar-refractivity contribution in [3.8, 4) is 0 Å². The Morgan fingerprint density at radius 2 is 1.82 bits per heavy atom. The van der Waals surface area contributed by atoms with Crippen LogP contribution >= 0.6 is 0 Å². The smallest absolute Gasteiger partial charge is 0.240 e. The van der Waals surface area contributed by atoms with Gasteiger partial charge in [0.05, 0.1) is 4.90 Å². The zero-order valence-electron chi connectivity index (χ0n) is 12.3. The van der Waals surface area contributed by atoms with E-state index in [2.05, 4.69) is 10.0 Å². The van der Waals surface area contributed by atoms with E-state index < -0.39 is 10.0 Å². The number of hydrogen-bond donors (Lipinski definition) is 2. The maximum atomic E-state index is 12.6. The van der Waals surface area contributed by atoms with Gasteiger partial charge < -0.3 is 5.32 Å². The topological polar surface area (TPSA) is 75.3 Å². The second-order valence-corrected chi connectivity index (χ2v) is 8.34. The largest absolute Gasteiger partial charge is 0.326 e. The Bertz CT molecular complexity index is 717. The molecule has 118 valence electrons. The molecule has 0 bridgehead atoms. The second kappa shape index (κ2) is 5.06. The normalized spacial score (nSPS) is 30.2. The molecule has 0 radical (unpaired) electrons. The van der Waals surface area contributed by atoms with E-state index in [9.17, 15) is 13.2 Å². The lowest BCUT2D eigenvalue weighted by Crippen LogP contribution is -2.28. The Morgan fingerprint density at radius 1 is 1.09 bits per heavy atom. The predicted octanol–water partition coefficient (Wildman–Crippen LogP) is 2.04. The molecule has 0 aromatic heterocycles. The van der Waals surface area contributed by atoms with Gasteiger partial charge in [0.25, 0.3) is 0 Å². The zero-order valence-corrected chi connectivity index (χ0v) is 13.2. The molecule has 22 heavy (non-hydrogen) atoms. The number of rotatable bonds is 3. The Morgan fingerprint density at radius 3 is 2.55 bits per heavy atom. The van der Waals surface area contributed by atoms with Crippen LogP contribution in [0.3, 0.4) is 0 Å². The number of sulfonamides is 1. The lowest BCUT2D eigenvalue weighted by Gasteiger charge is -2.17. The van der Waals surface area contributed by atoms with Gasteiger partial charge in [0.15, 0.2) is 0 Å². The highest BCUT2D eigenvalue weighted by Gasteiger charge is 2.52. The van der Waals surface area contributed by atoms with Gasteiger partial charge in [0, 0.05) is 18.2 Å². The van der Waals surface area contributed by atoms with E-state index in [0.717, 1.165) is 24.1 Å². The van der Waals surface area contributed by atoms with Gasteiger partial charge in [-0.05, 0) is 54.9 Å². The fourth-order valence-electron chi connectivity index (χ4n) is 3.94. The molecule has 1 aromatic carbocycles. The van der Waals surface area contributed by atoms with Gasteiger partial charge in [-0.3, -0.25) is 4.79 Å². The molecule has 0 saturated heterocycles. The highest BCUT2D eigenvalue weighted by molar-refractivity contribution is 7.89. The SMILES string of the molecule is O=C1CCc2cc(S(=O)(=O)NC3[C@H]4CCCC[C@@H]34)ccc2N1. The molecular formula is C16H20N2O3S. The van der Waals surface area contributed by atoms with Crippen LogP contribution in [-0.2, 0) is 21.2 Å². The zero-order chi connectivity index (χ0) is 15.3. The fourth-order valence-corrected chi connectivity index (χ4v) is 5.33. The average Bonchev–Trinajstić information content (AvgIpc) is 3.19. The molecule has 2 saturated carbocycles. The molecule has 1 aliphatic heterocycles. The summed E-state index contributed by atoms with van der Waals surface area (Å²) in [5, 5.41) is 2.78. The maximum Gasteiger partial charge on any atom is 0.240 e. The minimum atomic E-state index is -3.46. The summed E-state index contributed by atoms with van der Waals surface area (Å²) in [5.41, 5.74) is 1.63. The number of benzene rings is 1. The number of carbonyl (C=O) groups is 1. The van der Waals surface area contributed by atoms with Crippen molar-refractivity contribution in [3.05, 3.63) is 23.8 Å². The summed E-state index contributed by atoms with van der Waals surface area (Å²) in [5.74, 6) is 1.07. The highest BCUT2D eigenvalue weighted by Crippen LogP contribution is 2.50. The third-order valence-corrected chi connectivity index (χ3v) is 6.69. The van der Waals surface area contributed by atoms with E-state index >= 15 is 0 Å². The summed E-state index contributed by atoms with van der Waals surface area (Å²) >= 11 is 0. The molecule has 6 heteroatoms. The van der Waals surface area contributed by atoms with Crippen LogP contribution in [0.25, 0.3) is 0 Å². The molecule has 0 spiro atoms. The van der Waals surface area contributed by atoms with Crippen LogP contribution in [-0.4, -0.2) is 20.4 Å². The maximum absolute atomic E-state index is 12.6. The van der Waals surface area contributed by atoms with Crippen LogP contribution in [0.2, 0.25) is 0 Å². The van der Waals surface area contributed by atoms with E-state index in [-0.39, 0.29) is 11.9 Å². The lowest BCUT2D eigenvalue weighted by atomic mass is 10.0. The summed E-state index contributed by atoms with van der Waals surface area (Å²) in [4.78, 5) is 11.7. The van der Waals surface area contributed by atoms with Crippen LogP contribution < -0.4 is 10.0 Å². The molecule has 1 unspecified atom stereocenters. The van der Waals surface area contributed by atoms with Crippen molar-refractivity contribution in [1.29, 1.82) is 0 Å². The quantitative estimate of drug-likeness (QED) is 0.895. The second-order valence-electron chi connectivity index (χ2n) is 6.63. The van der Waals surface area contributed by atoms with Gasteiger partial charge >= 0.3 is 0 Å². The monoisotopic (exact) mass is 320 g/mol. The lowest BCUT2D eigenvalue weighted by molar-refractivity contribution is -0.116. The highest BCUT2D eigenvalue weighted by atomic mass is 32.2. The van der Waals surface area contributed by atoms with Crippen LogP contribution in [0, 0.1) is 11.8 Å². The third-order valence-electron chi connectivity index (χ3n) is 5.23. The van der Waals surface area contributed by atoms with E-state index in [1.54, 1.807) is 18.2 Å². The molecule has 5 nitrogen and oxygen atoms in total. The molecule has 1 amide bonds. The van der Waals surface area contributed by atoms with Crippen LogP contribution in [0.4, 0.5) is 5.69 Å². The first kappa shape index (κ1) is 14.2. The van der Waals surface area contributed by atoms with Crippen molar-refractivity contribution < 1.29 is 13.2 Å². The van der Waals surface area contributed by atoms with E-state index in [0.29, 0.717) is 29.6 Å². The molecule has 2 aliphatic carbocycles. The molecular weight excluding hydrogens is 300 g/mol. The Balaban J connectivity index is 1.54. The molecule has 3 atom stereocenters. The van der Waals surface area contributed by atoms with E-state index in [1.165, 1.54) is 12.8 Å². The summed E-state index contributed by atoms with van der Waals surface area (Å²) in [7, 11) is -3.46. The third kappa shape index (κ3) is 2.44. The number of fused-ring (bicyclic) bond motifs is 2. The minimum absolute atomic E-state index is 0.0108. The number of hydrogen-bond acceptors (Lipinski definition) is 3. The first-order chi connectivity index (χ1) is 10.5. The first-order valence-electron chi connectivity index (χ1n) is 8.00. The van der Waals surface area contributed by atoms with Gasteiger partial charge in [-0.1, -0.05) is 12.8 Å². The Labute approximate surface area is 130 Å². The summed E-state index contributed by atoms with van der Waals surface area (Å²) in [6.45, 7) is 0. The Hall–Kier alpha value is -1.40. The van der Waals surface area contributed by atoms with Crippen molar-refractivity contribution in [3.63, 3.8) is 0 Å². The predicted molar refractivity (Wildman–Crippen MR) is 83.0 cm³/mol. The van der Waals surface area contributed by atoms with Crippen molar-refractivity contribution >= 4 is 21.6 Å². The van der Waals surface area contributed by atoms with E-state index in [4.69, 9.17) is 0 Å². The Kier molecular flexibility index (Phi) is 3.27. The van der Waals surface area contributed by atoms with Crippen molar-refractivity contribution in [2.24, 2.45) is 11.8 Å². The molecule has 3 aliphatic rings. The summed E-state index contributed by atoms with van der Waals surface area (Å²) in [6.07, 6.45) is 5.74. The number of nitrogens with one attached hydrogen (secondary N) is 2. The van der Waals surface area contributed by atoms with Crippen LogP contribution in [0.1, 0.15) is 37.7 Å². The molecule has 2 fully saturated rings. The fraction of sp³-hybridized carbons (Fsp3) is 0.562. The number of amides is 1. The van der Waals surface area contributed by atoms with Crippen LogP contribution in [0.15, 0.2) is 23.1 Å². The van der Waals surface area contributed by atoms with Gasteiger partial charge in [0.1, 0.15) is 0 Å². The van der Waals surface area contributed by atoms with Gasteiger partial charge in [-0.15, -0.1) is 0 Å². The minimum Gasteiger partial charge on any atom is -0.326 e. The number of anilines is 1. The van der Waals surface area contributed by atoms with E-state index in [1.807, 2.05) is 0 Å². The van der Waals surface area contributed by atoms with Gasteiger partial charge in [-0.25, -0.2) is 13.1 Å². The van der Waals surface area contributed by atoms with Crippen molar-refractivity contribution in [2.75, 3.05) is 5.32 Å². The van der Waals surface area contributed by atoms with Crippen molar-refractivity contribution in [1.82, 2.24) is 4.72 Å².